The summed E-state index contributed by atoms with van der Waals surface area (Å²) in [5, 5.41) is 11.1. The van der Waals surface area contributed by atoms with Gasteiger partial charge in [0.05, 0.1) is 19.8 Å². The van der Waals surface area contributed by atoms with E-state index in [9.17, 15) is 13.6 Å². The van der Waals surface area contributed by atoms with Crippen molar-refractivity contribution in [2.45, 2.75) is 12.5 Å². The van der Waals surface area contributed by atoms with E-state index in [1.54, 1.807) is 0 Å². The molecule has 8 heteroatoms. The van der Waals surface area contributed by atoms with E-state index < -0.39 is 25.0 Å². The van der Waals surface area contributed by atoms with Gasteiger partial charge in [0.15, 0.2) is 11.5 Å². The van der Waals surface area contributed by atoms with Crippen LogP contribution in [0.5, 0.6) is 11.5 Å². The standard InChI is InChI=1S/C12H16F2N2O4/c1-19-9-3-6(7(15)4-10(9)20-2)12(18)16-5-8(17)11(13)14/h3-4,8,11,17H,5,15H2,1-2H3,(H,16,18). The van der Waals surface area contributed by atoms with Gasteiger partial charge in [0.1, 0.15) is 6.10 Å². The molecular formula is C12H16F2N2O4. The zero-order valence-corrected chi connectivity index (χ0v) is 11.0. The number of carbonyl (C=O) groups excluding carboxylic acids is 1. The number of halogens is 2. The van der Waals surface area contributed by atoms with Crippen LogP contribution in [-0.4, -0.2) is 44.3 Å². The third-order valence-electron chi connectivity index (χ3n) is 2.56. The van der Waals surface area contributed by atoms with E-state index in [0.29, 0.717) is 5.75 Å². The summed E-state index contributed by atoms with van der Waals surface area (Å²) in [4.78, 5) is 11.8. The molecule has 112 valence electrons. The fraction of sp³-hybridized carbons (Fsp3) is 0.417. The van der Waals surface area contributed by atoms with Gasteiger partial charge < -0.3 is 25.6 Å². The number of benzene rings is 1. The van der Waals surface area contributed by atoms with Gasteiger partial charge >= 0.3 is 0 Å². The largest absolute Gasteiger partial charge is 0.493 e. The summed E-state index contributed by atoms with van der Waals surface area (Å²) < 4.78 is 34.3. The Morgan fingerprint density at radius 1 is 1.35 bits per heavy atom. The number of methoxy groups -OCH3 is 2. The zero-order chi connectivity index (χ0) is 15.3. The molecule has 0 bridgehead atoms. The van der Waals surface area contributed by atoms with Crippen LogP contribution in [-0.2, 0) is 0 Å². The molecule has 1 aromatic carbocycles. The number of alkyl halides is 2. The van der Waals surface area contributed by atoms with Gasteiger partial charge in [0, 0.05) is 18.3 Å². The number of anilines is 1. The highest BCUT2D eigenvalue weighted by atomic mass is 19.3. The van der Waals surface area contributed by atoms with Crippen LogP contribution in [0.4, 0.5) is 14.5 Å². The minimum atomic E-state index is -2.93. The molecule has 1 aromatic rings. The molecule has 4 N–H and O–H groups in total. The number of hydrogen-bond donors (Lipinski definition) is 3. The normalized spacial score (nSPS) is 12.1. The molecule has 0 aliphatic rings. The van der Waals surface area contributed by atoms with E-state index in [-0.39, 0.29) is 17.0 Å². The van der Waals surface area contributed by atoms with Gasteiger partial charge in [0.2, 0.25) is 0 Å². The number of rotatable bonds is 6. The Kier molecular flexibility index (Phi) is 5.51. The van der Waals surface area contributed by atoms with Gasteiger partial charge in [-0.25, -0.2) is 8.78 Å². The SMILES string of the molecule is COc1cc(N)c(C(=O)NCC(O)C(F)F)cc1OC. The Morgan fingerprint density at radius 3 is 2.40 bits per heavy atom. The molecule has 0 aliphatic heterocycles. The highest BCUT2D eigenvalue weighted by molar-refractivity contribution is 6.00. The van der Waals surface area contributed by atoms with Crippen LogP contribution in [0.1, 0.15) is 10.4 Å². The van der Waals surface area contributed by atoms with Crippen LogP contribution in [0.2, 0.25) is 0 Å². The highest BCUT2D eigenvalue weighted by Crippen LogP contribution is 2.31. The number of ether oxygens (including phenoxy) is 2. The number of amides is 1. The number of hydrogen-bond acceptors (Lipinski definition) is 5. The first-order valence-electron chi connectivity index (χ1n) is 5.66. The second-order valence-electron chi connectivity index (χ2n) is 3.91. The monoisotopic (exact) mass is 290 g/mol. The van der Waals surface area contributed by atoms with Crippen molar-refractivity contribution in [3.8, 4) is 11.5 Å². The van der Waals surface area contributed by atoms with Crippen molar-refractivity contribution in [1.82, 2.24) is 5.32 Å². The molecule has 0 spiro atoms. The van der Waals surface area contributed by atoms with Gasteiger partial charge in [-0.3, -0.25) is 4.79 Å². The maximum atomic E-state index is 12.1. The topological polar surface area (TPSA) is 93.8 Å². The van der Waals surface area contributed by atoms with Crippen LogP contribution in [0.25, 0.3) is 0 Å². The van der Waals surface area contributed by atoms with Crippen LogP contribution < -0.4 is 20.5 Å². The lowest BCUT2D eigenvalue weighted by Crippen LogP contribution is -2.36. The van der Waals surface area contributed by atoms with Gasteiger partial charge in [-0.2, -0.15) is 0 Å². The molecular weight excluding hydrogens is 274 g/mol. The first kappa shape index (κ1) is 16.0. The molecule has 20 heavy (non-hydrogen) atoms. The van der Waals surface area contributed by atoms with E-state index in [1.807, 2.05) is 0 Å². The number of aliphatic hydroxyl groups excluding tert-OH is 1. The fourth-order valence-electron chi connectivity index (χ4n) is 1.47. The van der Waals surface area contributed by atoms with E-state index in [4.69, 9.17) is 20.3 Å². The molecule has 1 rings (SSSR count). The van der Waals surface area contributed by atoms with Gasteiger partial charge in [0.25, 0.3) is 12.3 Å². The van der Waals surface area contributed by atoms with Gasteiger partial charge in [-0.1, -0.05) is 0 Å². The van der Waals surface area contributed by atoms with Crippen LogP contribution >= 0.6 is 0 Å². The van der Waals surface area contributed by atoms with Crippen LogP contribution in [0.3, 0.4) is 0 Å². The molecule has 0 heterocycles. The molecule has 0 saturated carbocycles. The van der Waals surface area contributed by atoms with Crippen molar-refractivity contribution >= 4 is 11.6 Å². The summed E-state index contributed by atoms with van der Waals surface area (Å²) in [5.41, 5.74) is 5.83. The first-order chi connectivity index (χ1) is 9.40. The fourth-order valence-corrected chi connectivity index (χ4v) is 1.47. The number of nitrogens with two attached hydrogens (primary N) is 1. The predicted octanol–water partition coefficient (Wildman–Crippen LogP) is 0.642. The van der Waals surface area contributed by atoms with E-state index in [0.717, 1.165) is 0 Å². The predicted molar refractivity (Wildman–Crippen MR) is 68.3 cm³/mol. The van der Waals surface area contributed by atoms with Gasteiger partial charge in [-0.15, -0.1) is 0 Å². The minimum absolute atomic E-state index is 0.0455. The number of nitrogens with one attached hydrogen (secondary N) is 1. The molecule has 1 unspecified atom stereocenters. The van der Waals surface area contributed by atoms with Gasteiger partial charge in [-0.05, 0) is 6.07 Å². The molecule has 6 nitrogen and oxygen atoms in total. The lowest BCUT2D eigenvalue weighted by Gasteiger charge is -2.14. The maximum Gasteiger partial charge on any atom is 0.265 e. The average Bonchev–Trinajstić information content (AvgIpc) is 2.43. The van der Waals surface area contributed by atoms with E-state index in [2.05, 4.69) is 5.32 Å². The smallest absolute Gasteiger partial charge is 0.265 e. The third kappa shape index (κ3) is 3.70. The zero-order valence-electron chi connectivity index (χ0n) is 11.0. The molecule has 0 aliphatic carbocycles. The molecule has 0 aromatic heterocycles. The average molecular weight is 290 g/mol. The van der Waals surface area contributed by atoms with Crippen molar-refractivity contribution in [2.24, 2.45) is 0 Å². The summed E-state index contributed by atoms with van der Waals surface area (Å²) in [6.07, 6.45) is -4.86. The maximum absolute atomic E-state index is 12.1. The van der Waals surface area contributed by atoms with Crippen molar-refractivity contribution in [3.05, 3.63) is 17.7 Å². The van der Waals surface area contributed by atoms with Crippen molar-refractivity contribution in [3.63, 3.8) is 0 Å². The summed E-state index contributed by atoms with van der Waals surface area (Å²) in [6, 6.07) is 2.72. The Balaban J connectivity index is 2.88. The second-order valence-corrected chi connectivity index (χ2v) is 3.91. The first-order valence-corrected chi connectivity index (χ1v) is 5.66. The molecule has 0 radical (unpaired) electrons. The Labute approximate surface area is 114 Å². The second kappa shape index (κ2) is 6.90. The van der Waals surface area contributed by atoms with Crippen molar-refractivity contribution < 1.29 is 28.2 Å². The summed E-state index contributed by atoms with van der Waals surface area (Å²) in [6.45, 7) is -0.579. The Hall–Kier alpha value is -2.09. The summed E-state index contributed by atoms with van der Waals surface area (Å²) in [5.74, 6) is -0.0708. The summed E-state index contributed by atoms with van der Waals surface area (Å²) >= 11 is 0. The van der Waals surface area contributed by atoms with Crippen molar-refractivity contribution in [2.75, 3.05) is 26.5 Å². The summed E-state index contributed by atoms with van der Waals surface area (Å²) in [7, 11) is 2.80. The Bertz CT molecular complexity index is 483. The minimum Gasteiger partial charge on any atom is -0.493 e. The molecule has 0 saturated heterocycles. The molecule has 0 fully saturated rings. The lowest BCUT2D eigenvalue weighted by molar-refractivity contribution is -0.00269. The number of nitrogen functional groups attached to an aromatic ring is 1. The van der Waals surface area contributed by atoms with E-state index in [1.165, 1.54) is 26.4 Å². The molecule has 1 atom stereocenters. The quantitative estimate of drug-likeness (QED) is 0.669. The number of carbonyl (C=O) groups is 1. The number of aliphatic hydroxyl groups is 1. The Morgan fingerprint density at radius 2 is 1.90 bits per heavy atom. The lowest BCUT2D eigenvalue weighted by atomic mass is 10.1. The van der Waals surface area contributed by atoms with Crippen LogP contribution in [0.15, 0.2) is 12.1 Å². The third-order valence-corrected chi connectivity index (χ3v) is 2.56. The van der Waals surface area contributed by atoms with Crippen LogP contribution in [0, 0.1) is 0 Å². The highest BCUT2D eigenvalue weighted by Gasteiger charge is 2.20. The van der Waals surface area contributed by atoms with Crippen molar-refractivity contribution in [1.29, 1.82) is 0 Å². The van der Waals surface area contributed by atoms with E-state index >= 15 is 0 Å². The molecule has 1 amide bonds.